The molecule has 0 amide bonds. The van der Waals surface area contributed by atoms with Gasteiger partial charge < -0.3 is 11.5 Å². The highest BCUT2D eigenvalue weighted by molar-refractivity contribution is 4.95. The zero-order valence-corrected chi connectivity index (χ0v) is 16.1. The van der Waals surface area contributed by atoms with E-state index >= 15 is 0 Å². The second kappa shape index (κ2) is 18.0. The van der Waals surface area contributed by atoms with Crippen molar-refractivity contribution in [2.24, 2.45) is 11.5 Å². The first kappa shape index (κ1) is 22.7. The van der Waals surface area contributed by atoms with Gasteiger partial charge in [0.25, 0.3) is 0 Å². The Kier molecular flexibility index (Phi) is 17.7. The Bertz CT molecular complexity index is 248. The van der Waals surface area contributed by atoms with E-state index in [-0.39, 0.29) is 12.1 Å². The van der Waals surface area contributed by atoms with Crippen LogP contribution in [-0.2, 0) is 0 Å². The van der Waals surface area contributed by atoms with Gasteiger partial charge >= 0.3 is 0 Å². The lowest BCUT2D eigenvalue weighted by molar-refractivity contribution is 0.536. The van der Waals surface area contributed by atoms with Gasteiger partial charge in [0.05, 0.1) is 0 Å². The summed E-state index contributed by atoms with van der Waals surface area (Å²) < 4.78 is 0. The predicted octanol–water partition coefficient (Wildman–Crippen LogP) is 6.09. The van der Waals surface area contributed by atoms with Gasteiger partial charge in [-0.15, -0.1) is 0 Å². The van der Waals surface area contributed by atoms with Crippen LogP contribution in [-0.4, -0.2) is 12.1 Å². The molecule has 0 bridgehead atoms. The first-order chi connectivity index (χ1) is 11.2. The van der Waals surface area contributed by atoms with E-state index in [1.54, 1.807) is 0 Å². The van der Waals surface area contributed by atoms with E-state index in [4.69, 9.17) is 11.5 Å². The van der Waals surface area contributed by atoms with Crippen molar-refractivity contribution >= 4 is 0 Å². The van der Waals surface area contributed by atoms with Gasteiger partial charge in [-0.1, -0.05) is 103 Å². The maximum absolute atomic E-state index is 5.87. The average Bonchev–Trinajstić information content (AvgIpc) is 2.54. The third kappa shape index (κ3) is 17.8. The Balaban J connectivity index is 3.11. The van der Waals surface area contributed by atoms with Crippen molar-refractivity contribution in [2.75, 3.05) is 0 Å². The van der Waals surface area contributed by atoms with Crippen LogP contribution in [0.3, 0.4) is 0 Å². The van der Waals surface area contributed by atoms with Gasteiger partial charge in [-0.2, -0.15) is 0 Å². The Morgan fingerprint density at radius 3 is 1.43 bits per heavy atom. The summed E-state index contributed by atoms with van der Waals surface area (Å²) in [5, 5.41) is 0. The van der Waals surface area contributed by atoms with E-state index in [0.29, 0.717) is 0 Å². The fraction of sp³-hybridized carbons (Fsp3) is 0.905. The molecule has 138 valence electrons. The number of rotatable bonds is 17. The smallest absolute Gasteiger partial charge is 0.0375 e. The minimum Gasteiger partial charge on any atom is -0.326 e. The second-order valence-corrected chi connectivity index (χ2v) is 7.25. The molecule has 0 radical (unpaired) electrons. The van der Waals surface area contributed by atoms with Crippen molar-refractivity contribution in [3.63, 3.8) is 0 Å². The fourth-order valence-corrected chi connectivity index (χ4v) is 2.89. The van der Waals surface area contributed by atoms with Crippen molar-refractivity contribution in [2.45, 2.75) is 122 Å². The lowest BCUT2D eigenvalue weighted by Gasteiger charge is -2.09. The molecule has 0 aromatic heterocycles. The Morgan fingerprint density at radius 1 is 0.652 bits per heavy atom. The molecule has 0 aromatic rings. The zero-order valence-electron chi connectivity index (χ0n) is 16.1. The van der Waals surface area contributed by atoms with Gasteiger partial charge in [0.1, 0.15) is 0 Å². The Hall–Kier alpha value is -0.340. The molecule has 0 aliphatic heterocycles. The first-order valence-electron chi connectivity index (χ1n) is 10.4. The van der Waals surface area contributed by atoms with Gasteiger partial charge in [0.2, 0.25) is 0 Å². The van der Waals surface area contributed by atoms with Crippen molar-refractivity contribution in [1.29, 1.82) is 0 Å². The number of allylic oxidation sites excluding steroid dienone is 1. The van der Waals surface area contributed by atoms with Crippen LogP contribution in [0.2, 0.25) is 0 Å². The third-order valence-corrected chi connectivity index (χ3v) is 4.69. The minimum atomic E-state index is 0.0154. The highest BCUT2D eigenvalue weighted by Crippen LogP contribution is 2.13. The molecule has 2 atom stereocenters. The average molecular weight is 325 g/mol. The molecule has 0 spiro atoms. The molecule has 2 heteroatoms. The lowest BCUT2D eigenvalue weighted by atomic mass is 10.0. The van der Waals surface area contributed by atoms with Crippen LogP contribution in [0.4, 0.5) is 0 Å². The normalized spacial score (nSPS) is 14.4. The van der Waals surface area contributed by atoms with Crippen LogP contribution >= 0.6 is 0 Å². The molecule has 2 nitrogen and oxygen atoms in total. The maximum Gasteiger partial charge on any atom is 0.0375 e. The van der Waals surface area contributed by atoms with E-state index in [1.165, 1.54) is 89.9 Å². The second-order valence-electron chi connectivity index (χ2n) is 7.25. The first-order valence-corrected chi connectivity index (χ1v) is 10.4. The topological polar surface area (TPSA) is 52.0 Å². The summed E-state index contributed by atoms with van der Waals surface area (Å²) >= 11 is 0. The predicted molar refractivity (Wildman–Crippen MR) is 106 cm³/mol. The Morgan fingerprint density at radius 2 is 1.04 bits per heavy atom. The van der Waals surface area contributed by atoms with Gasteiger partial charge in [0.15, 0.2) is 0 Å². The van der Waals surface area contributed by atoms with Crippen LogP contribution in [0.15, 0.2) is 12.2 Å². The van der Waals surface area contributed by atoms with Gasteiger partial charge in [-0.3, -0.25) is 0 Å². The zero-order chi connectivity index (χ0) is 17.2. The maximum atomic E-state index is 5.87. The Labute approximate surface area is 146 Å². The van der Waals surface area contributed by atoms with Crippen molar-refractivity contribution in [1.82, 2.24) is 0 Å². The van der Waals surface area contributed by atoms with Crippen LogP contribution in [0.1, 0.15) is 110 Å². The molecule has 0 saturated heterocycles. The number of unbranched alkanes of at least 4 members (excludes halogenated alkanes) is 14. The van der Waals surface area contributed by atoms with E-state index in [9.17, 15) is 0 Å². The quantitative estimate of drug-likeness (QED) is 0.251. The van der Waals surface area contributed by atoms with E-state index in [1.807, 2.05) is 6.92 Å². The molecule has 0 aromatic carbocycles. The lowest BCUT2D eigenvalue weighted by Crippen LogP contribution is -2.37. The summed E-state index contributed by atoms with van der Waals surface area (Å²) in [4.78, 5) is 0. The molecule has 2 unspecified atom stereocenters. The molecular formula is C21H44N2. The number of nitrogens with two attached hydrogens (primary N) is 2. The molecule has 0 heterocycles. The van der Waals surface area contributed by atoms with Crippen LogP contribution in [0, 0.1) is 0 Å². The van der Waals surface area contributed by atoms with E-state index in [2.05, 4.69) is 19.1 Å². The minimum absolute atomic E-state index is 0.0154. The van der Waals surface area contributed by atoms with E-state index < -0.39 is 0 Å². The summed E-state index contributed by atoms with van der Waals surface area (Å²) in [6, 6.07) is 0.0734. The molecule has 0 aliphatic rings. The summed E-state index contributed by atoms with van der Waals surface area (Å²) in [6.07, 6.45) is 25.3. The standard InChI is InChI=1S/C21H44N2/c1-3-4-5-6-7-8-9-10-11-12-13-14-15-16-17-18-19-21(23)20(2)22/h18-21H,3-17,22-23H2,1-2H3. The van der Waals surface area contributed by atoms with Crippen LogP contribution in [0.25, 0.3) is 0 Å². The molecule has 0 rings (SSSR count). The van der Waals surface area contributed by atoms with Crippen molar-refractivity contribution < 1.29 is 0 Å². The van der Waals surface area contributed by atoms with E-state index in [0.717, 1.165) is 6.42 Å². The van der Waals surface area contributed by atoms with Gasteiger partial charge in [-0.25, -0.2) is 0 Å². The third-order valence-electron chi connectivity index (χ3n) is 4.69. The summed E-state index contributed by atoms with van der Waals surface area (Å²) in [5.41, 5.74) is 11.6. The SMILES string of the molecule is CCCCCCCCCCCCCCCCC=CC(N)C(C)N. The summed E-state index contributed by atoms with van der Waals surface area (Å²) in [7, 11) is 0. The largest absolute Gasteiger partial charge is 0.326 e. The summed E-state index contributed by atoms with van der Waals surface area (Å²) in [6.45, 7) is 4.25. The van der Waals surface area contributed by atoms with Crippen LogP contribution in [0.5, 0.6) is 0 Å². The molecular weight excluding hydrogens is 280 g/mol. The van der Waals surface area contributed by atoms with Gasteiger partial charge in [-0.05, 0) is 19.8 Å². The molecule has 0 saturated carbocycles. The molecule has 0 aliphatic carbocycles. The van der Waals surface area contributed by atoms with Crippen molar-refractivity contribution in [3.05, 3.63) is 12.2 Å². The number of hydrogen-bond donors (Lipinski definition) is 2. The van der Waals surface area contributed by atoms with Crippen molar-refractivity contribution in [3.8, 4) is 0 Å². The monoisotopic (exact) mass is 324 g/mol. The fourth-order valence-electron chi connectivity index (χ4n) is 2.89. The molecule has 23 heavy (non-hydrogen) atoms. The van der Waals surface area contributed by atoms with Gasteiger partial charge in [0, 0.05) is 12.1 Å². The highest BCUT2D eigenvalue weighted by Gasteiger charge is 2.01. The number of hydrogen-bond acceptors (Lipinski definition) is 2. The summed E-state index contributed by atoms with van der Waals surface area (Å²) in [5.74, 6) is 0. The van der Waals surface area contributed by atoms with Crippen LogP contribution < -0.4 is 11.5 Å². The molecule has 0 fully saturated rings. The highest BCUT2D eigenvalue weighted by atomic mass is 14.7. The molecule has 4 N–H and O–H groups in total.